The van der Waals surface area contributed by atoms with Gasteiger partial charge in [0.1, 0.15) is 27.6 Å². The van der Waals surface area contributed by atoms with Gasteiger partial charge in [0.05, 0.1) is 29.8 Å². The summed E-state index contributed by atoms with van der Waals surface area (Å²) in [6, 6.07) is 32.9. The molecule has 1 fully saturated rings. The summed E-state index contributed by atoms with van der Waals surface area (Å²) >= 11 is 13.1. The van der Waals surface area contributed by atoms with Crippen LogP contribution < -0.4 is 24.4 Å². The van der Waals surface area contributed by atoms with Gasteiger partial charge in [-0.05, 0) is 103 Å². The van der Waals surface area contributed by atoms with Crippen molar-refractivity contribution in [3.63, 3.8) is 0 Å². The minimum absolute atomic E-state index is 0.0465. The molecule has 0 bridgehead atoms. The minimum Gasteiger partial charge on any atom is -0.598 e. The van der Waals surface area contributed by atoms with Crippen LogP contribution in [-0.4, -0.2) is 51.6 Å². The van der Waals surface area contributed by atoms with E-state index in [0.717, 1.165) is 89.0 Å². The zero-order chi connectivity index (χ0) is 40.6. The lowest BCUT2D eigenvalue weighted by molar-refractivity contribution is 0.170. The molecule has 58 heavy (non-hydrogen) atoms. The second-order valence-corrected chi connectivity index (χ2v) is 19.5. The lowest BCUT2D eigenvalue weighted by Crippen LogP contribution is -2.46. The summed E-state index contributed by atoms with van der Waals surface area (Å²) in [6.07, 6.45) is 3.74. The smallest absolute Gasteiger partial charge is 0.171 e. The van der Waals surface area contributed by atoms with Crippen molar-refractivity contribution in [2.24, 2.45) is 10.6 Å². The van der Waals surface area contributed by atoms with Crippen LogP contribution in [0.4, 0.5) is 11.6 Å². The van der Waals surface area contributed by atoms with Crippen LogP contribution in [0.25, 0.3) is 11.0 Å². The number of H-pyrrole nitrogens is 1. The number of anilines is 2. The second kappa shape index (κ2) is 16.9. The molecule has 2 aromatic heterocycles. The molecule has 302 valence electrons. The van der Waals surface area contributed by atoms with Gasteiger partial charge >= 0.3 is 0 Å². The number of imidazole rings is 1. The predicted molar refractivity (Wildman–Crippen MR) is 238 cm³/mol. The fourth-order valence-corrected chi connectivity index (χ4v) is 10.3. The lowest BCUT2D eigenvalue weighted by atomic mass is 9.66. The monoisotopic (exact) mass is 854 g/mol. The van der Waals surface area contributed by atoms with E-state index >= 15 is 0 Å². The molecule has 9 nitrogen and oxygen atoms in total. The number of methoxy groups -OCH3 is 2. The summed E-state index contributed by atoms with van der Waals surface area (Å²) in [4.78, 5) is 19.8. The molecule has 3 N–H and O–H groups in total. The number of nitrogens with two attached hydrogens (primary N) is 1. The van der Waals surface area contributed by atoms with Crippen LogP contribution in [0.2, 0.25) is 10.0 Å². The van der Waals surface area contributed by atoms with Crippen LogP contribution in [0.15, 0.2) is 107 Å². The number of nitrogens with zero attached hydrogens (tertiary/aromatic N) is 4. The summed E-state index contributed by atoms with van der Waals surface area (Å²) in [5.74, 6) is 3.56. The third kappa shape index (κ3) is 8.35. The van der Waals surface area contributed by atoms with Gasteiger partial charge < -0.3 is 28.8 Å². The molecule has 8 rings (SSSR count). The van der Waals surface area contributed by atoms with Crippen LogP contribution in [0, 0.1) is 5.41 Å². The van der Waals surface area contributed by atoms with Crippen molar-refractivity contribution in [2.75, 3.05) is 37.1 Å². The zero-order valence-electron chi connectivity index (χ0n) is 33.1. The number of hydrogen-bond donors (Lipinski definition) is 2. The van der Waals surface area contributed by atoms with Crippen molar-refractivity contribution in [3.8, 4) is 11.5 Å². The van der Waals surface area contributed by atoms with Crippen molar-refractivity contribution in [2.45, 2.75) is 73.3 Å². The van der Waals surface area contributed by atoms with E-state index in [1.54, 1.807) is 20.3 Å². The van der Waals surface area contributed by atoms with Gasteiger partial charge in [-0.1, -0.05) is 89.6 Å². The third-order valence-corrected chi connectivity index (χ3v) is 15.1. The molecule has 1 spiro atoms. The topological polar surface area (TPSA) is 116 Å². The molecule has 1 unspecified atom stereocenters. The minimum atomic E-state index is -1.44. The van der Waals surface area contributed by atoms with Crippen LogP contribution >= 0.6 is 35.0 Å². The van der Waals surface area contributed by atoms with Gasteiger partial charge in [-0.2, -0.15) is 5.14 Å². The van der Waals surface area contributed by atoms with Crippen molar-refractivity contribution >= 4 is 69.0 Å². The number of piperidine rings is 1. The molecule has 1 saturated heterocycles. The number of benzene rings is 4. The fraction of sp³-hybridized carbons (Fsp3) is 0.333. The highest BCUT2D eigenvalue weighted by atomic mass is 35.5. The Kier molecular flexibility index (Phi) is 11.8. The Morgan fingerprint density at radius 3 is 2.17 bits per heavy atom. The molecule has 1 aliphatic heterocycles. The Bertz CT molecular complexity index is 2330. The van der Waals surface area contributed by atoms with Crippen molar-refractivity contribution in [1.29, 1.82) is 0 Å². The number of aromatic amines is 1. The lowest BCUT2D eigenvalue weighted by Gasteiger charge is -2.45. The normalized spacial score (nSPS) is 16.8. The molecule has 4 aromatic carbocycles. The number of fused-ring (bicyclic) bond motifs is 2. The summed E-state index contributed by atoms with van der Waals surface area (Å²) in [6.45, 7) is 6.91. The van der Waals surface area contributed by atoms with Gasteiger partial charge in [-0.25, -0.2) is 9.97 Å². The Morgan fingerprint density at radius 2 is 1.55 bits per heavy atom. The molecule has 13 heteroatoms. The average Bonchev–Trinajstić information content (AvgIpc) is 3.77. The van der Waals surface area contributed by atoms with Crippen LogP contribution in [0.3, 0.4) is 0 Å². The second-order valence-electron chi connectivity index (χ2n) is 16.0. The third-order valence-electron chi connectivity index (χ3n) is 11.9. The summed E-state index contributed by atoms with van der Waals surface area (Å²) in [5.41, 5.74) is 6.70. The summed E-state index contributed by atoms with van der Waals surface area (Å²) < 4.78 is 23.2. The van der Waals surface area contributed by atoms with Gasteiger partial charge in [0.2, 0.25) is 0 Å². The number of pyridine rings is 1. The maximum atomic E-state index is 12.7. The zero-order valence-corrected chi connectivity index (χ0v) is 36.3. The van der Waals surface area contributed by atoms with Crippen LogP contribution in [0.1, 0.15) is 61.3 Å². The summed E-state index contributed by atoms with van der Waals surface area (Å²) in [7, 11) is 3.36. The number of nitrogens with one attached hydrogen (secondary N) is 1. The molecule has 0 radical (unpaired) electrons. The van der Waals surface area contributed by atoms with Crippen molar-refractivity contribution < 1.29 is 14.0 Å². The molecule has 3 heterocycles. The Morgan fingerprint density at radius 1 is 0.914 bits per heavy atom. The Hall–Kier alpha value is -4.10. The maximum absolute atomic E-state index is 12.7. The average molecular weight is 856 g/mol. The Labute approximate surface area is 357 Å². The number of rotatable bonds is 13. The quantitative estimate of drug-likeness (QED) is 0.110. The first-order valence-electron chi connectivity index (χ1n) is 19.5. The van der Waals surface area contributed by atoms with E-state index in [1.165, 1.54) is 22.9 Å². The van der Waals surface area contributed by atoms with Crippen molar-refractivity contribution in [1.82, 2.24) is 15.0 Å². The van der Waals surface area contributed by atoms with E-state index in [2.05, 4.69) is 69.4 Å². The van der Waals surface area contributed by atoms with Gasteiger partial charge in [-0.15, -0.1) is 0 Å². The fourth-order valence-electron chi connectivity index (χ4n) is 8.65. The first kappa shape index (κ1) is 40.7. The highest BCUT2D eigenvalue weighted by Gasteiger charge is 2.51. The van der Waals surface area contributed by atoms with E-state index in [9.17, 15) is 4.55 Å². The van der Waals surface area contributed by atoms with E-state index in [1.807, 2.05) is 50.2 Å². The molecule has 0 amide bonds. The van der Waals surface area contributed by atoms with Gasteiger partial charge in [-0.3, -0.25) is 0 Å². The first-order valence-corrected chi connectivity index (χ1v) is 22.3. The Balaban J connectivity index is 1.18. The van der Waals surface area contributed by atoms with E-state index in [4.69, 9.17) is 47.8 Å². The van der Waals surface area contributed by atoms with E-state index < -0.39 is 16.1 Å². The van der Waals surface area contributed by atoms with Crippen molar-refractivity contribution in [3.05, 3.63) is 129 Å². The SMILES string of the molecule is COc1ccc(CN(Cc2ccc(OC)cc2)c2nc(N3CCC4(CC3)Cc3ccccc3[C@H]4CC(C)(C)[S+](N)[O-])cc3nc(Sc4cccc(Cl)c4Cl)[nH]c23)cc1. The number of aromatic nitrogens is 3. The van der Waals surface area contributed by atoms with Gasteiger partial charge in [0.15, 0.2) is 11.0 Å². The van der Waals surface area contributed by atoms with Crippen LogP contribution in [-0.2, 0) is 30.9 Å². The van der Waals surface area contributed by atoms with E-state index in [0.29, 0.717) is 28.3 Å². The summed E-state index contributed by atoms with van der Waals surface area (Å²) in [5, 5.41) is 7.74. The highest BCUT2D eigenvalue weighted by molar-refractivity contribution is 7.99. The number of ether oxygens (including phenoxy) is 2. The molecule has 2 aliphatic rings. The molecular weight excluding hydrogens is 808 g/mol. The van der Waals surface area contributed by atoms with E-state index in [-0.39, 0.29) is 11.3 Å². The largest absolute Gasteiger partial charge is 0.598 e. The maximum Gasteiger partial charge on any atom is 0.171 e. The molecule has 2 atom stereocenters. The molecule has 6 aromatic rings. The highest BCUT2D eigenvalue weighted by Crippen LogP contribution is 2.57. The molecule has 1 aliphatic carbocycles. The van der Waals surface area contributed by atoms with Gasteiger partial charge in [0.25, 0.3) is 0 Å². The first-order chi connectivity index (χ1) is 27.9. The predicted octanol–water partition coefficient (Wildman–Crippen LogP) is 10.4. The number of hydrogen-bond acceptors (Lipinski definition) is 9. The van der Waals surface area contributed by atoms with Crippen LogP contribution in [0.5, 0.6) is 11.5 Å². The molecular formula is C45H48Cl2N6O3S2. The van der Waals surface area contributed by atoms with Gasteiger partial charge in [0, 0.05) is 54.9 Å². The molecule has 0 saturated carbocycles. The number of halogens is 2. The standard InChI is InChI=1S/C45H48Cl2N6O3S2/c1-44(2,58(48)54)26-35-34-9-6-5-8-31(34)25-45(35)20-22-52(23-21-45)39-24-37-41(51-43(49-37)57-38-11-7-10-36(46)40(38)47)42(50-39)53(27-29-12-16-32(55-3)17-13-29)28-30-14-18-33(56-4)19-15-30/h5-19,24,35H,20-23,25-28,48H2,1-4H3,(H,49,51)/t35-,58?/m1/s1.